The molecule has 5 nitrogen and oxygen atoms in total. The highest BCUT2D eigenvalue weighted by Gasteiger charge is 2.14. The lowest BCUT2D eigenvalue weighted by Crippen LogP contribution is -2.15. The van der Waals surface area contributed by atoms with Crippen LogP contribution in [0.2, 0.25) is 0 Å². The van der Waals surface area contributed by atoms with Crippen molar-refractivity contribution in [2.45, 2.75) is 13.8 Å². The molecule has 0 aliphatic heterocycles. The molecule has 1 aromatic carbocycles. The molecule has 5 heteroatoms. The van der Waals surface area contributed by atoms with Gasteiger partial charge in [0.05, 0.1) is 26.5 Å². The summed E-state index contributed by atoms with van der Waals surface area (Å²) in [4.78, 5) is 12.4. The maximum absolute atomic E-state index is 12.4. The summed E-state index contributed by atoms with van der Waals surface area (Å²) in [5.41, 5.74) is 3.57. The van der Waals surface area contributed by atoms with Gasteiger partial charge in [-0.3, -0.25) is 4.79 Å². The van der Waals surface area contributed by atoms with Gasteiger partial charge in [-0.2, -0.15) is 0 Å². The molecule has 22 heavy (non-hydrogen) atoms. The first-order valence-corrected chi connectivity index (χ1v) is 7.10. The Morgan fingerprint density at radius 2 is 1.91 bits per heavy atom. The zero-order valence-corrected chi connectivity index (χ0v) is 13.7. The summed E-state index contributed by atoms with van der Waals surface area (Å²) in [6.07, 6.45) is 0. The predicted molar refractivity (Wildman–Crippen MR) is 87.3 cm³/mol. The lowest BCUT2D eigenvalue weighted by molar-refractivity contribution is 0.101. The Bertz CT molecular complexity index is 689. The molecule has 0 fully saturated rings. The van der Waals surface area contributed by atoms with Crippen molar-refractivity contribution >= 4 is 11.5 Å². The van der Waals surface area contributed by atoms with E-state index in [1.807, 2.05) is 43.7 Å². The number of aromatic nitrogens is 1. The number of nitrogens with zero attached hydrogens (tertiary/aromatic N) is 1. The monoisotopic (exact) mass is 302 g/mol. The van der Waals surface area contributed by atoms with E-state index in [1.54, 1.807) is 20.3 Å². The SMILES string of the molecule is COc1ccc(NCC(=O)c2cc(C)n(C)c2C)c(OC)c1. The van der Waals surface area contributed by atoms with Crippen LogP contribution in [0, 0.1) is 13.8 Å². The molecule has 2 rings (SSSR count). The minimum Gasteiger partial charge on any atom is -0.497 e. The number of rotatable bonds is 6. The van der Waals surface area contributed by atoms with Crippen molar-refractivity contribution in [1.82, 2.24) is 4.57 Å². The summed E-state index contributed by atoms with van der Waals surface area (Å²) in [6.45, 7) is 4.16. The average molecular weight is 302 g/mol. The first kappa shape index (κ1) is 15.9. The van der Waals surface area contributed by atoms with Crippen molar-refractivity contribution < 1.29 is 14.3 Å². The van der Waals surface area contributed by atoms with Crippen LogP contribution in [0.4, 0.5) is 5.69 Å². The van der Waals surface area contributed by atoms with E-state index >= 15 is 0 Å². The number of anilines is 1. The van der Waals surface area contributed by atoms with Gasteiger partial charge in [0.2, 0.25) is 0 Å². The van der Waals surface area contributed by atoms with Gasteiger partial charge in [0.1, 0.15) is 11.5 Å². The third kappa shape index (κ3) is 3.08. The molecule has 2 aromatic rings. The number of aryl methyl sites for hydroxylation is 1. The molecule has 1 N–H and O–H groups in total. The molecule has 0 radical (unpaired) electrons. The van der Waals surface area contributed by atoms with Crippen molar-refractivity contribution in [3.63, 3.8) is 0 Å². The molecule has 0 unspecified atom stereocenters. The second-order valence-electron chi connectivity index (χ2n) is 5.19. The van der Waals surface area contributed by atoms with Gasteiger partial charge in [-0.1, -0.05) is 0 Å². The van der Waals surface area contributed by atoms with E-state index in [-0.39, 0.29) is 12.3 Å². The number of hydrogen-bond donors (Lipinski definition) is 1. The number of ketones is 1. The molecule has 1 heterocycles. The smallest absolute Gasteiger partial charge is 0.183 e. The van der Waals surface area contributed by atoms with Gasteiger partial charge >= 0.3 is 0 Å². The summed E-state index contributed by atoms with van der Waals surface area (Å²) in [5.74, 6) is 1.41. The lowest BCUT2D eigenvalue weighted by Gasteiger charge is -2.12. The number of carbonyl (C=O) groups excluding carboxylic acids is 1. The number of ether oxygens (including phenoxy) is 2. The maximum atomic E-state index is 12.4. The van der Waals surface area contributed by atoms with Crippen LogP contribution in [0.1, 0.15) is 21.7 Å². The fourth-order valence-electron chi connectivity index (χ4n) is 2.35. The first-order chi connectivity index (χ1) is 10.5. The molecule has 118 valence electrons. The van der Waals surface area contributed by atoms with Crippen LogP contribution in [0.15, 0.2) is 24.3 Å². The Kier molecular flexibility index (Phi) is 4.75. The van der Waals surface area contributed by atoms with Gasteiger partial charge in [-0.05, 0) is 32.0 Å². The molecule has 0 bridgehead atoms. The fourth-order valence-corrected chi connectivity index (χ4v) is 2.35. The Morgan fingerprint density at radius 3 is 2.45 bits per heavy atom. The second kappa shape index (κ2) is 6.56. The molecule has 1 aromatic heterocycles. The van der Waals surface area contributed by atoms with Crippen LogP contribution in [0.5, 0.6) is 11.5 Å². The molecule has 0 saturated heterocycles. The first-order valence-electron chi connectivity index (χ1n) is 7.10. The molecule has 0 aliphatic rings. The van der Waals surface area contributed by atoms with Crippen molar-refractivity contribution in [2.75, 3.05) is 26.1 Å². The van der Waals surface area contributed by atoms with Crippen LogP contribution >= 0.6 is 0 Å². The second-order valence-corrected chi connectivity index (χ2v) is 5.19. The van der Waals surface area contributed by atoms with E-state index in [9.17, 15) is 4.79 Å². The maximum Gasteiger partial charge on any atom is 0.183 e. The number of Topliss-reactive ketones (excluding diaryl/α,β-unsaturated/α-hetero) is 1. The summed E-state index contributed by atoms with van der Waals surface area (Å²) < 4.78 is 12.5. The number of benzene rings is 1. The normalized spacial score (nSPS) is 10.4. The Hall–Kier alpha value is -2.43. The Morgan fingerprint density at radius 1 is 1.18 bits per heavy atom. The van der Waals surface area contributed by atoms with Gasteiger partial charge in [0.15, 0.2) is 5.78 Å². The van der Waals surface area contributed by atoms with Crippen molar-refractivity contribution in [3.05, 3.63) is 41.2 Å². The lowest BCUT2D eigenvalue weighted by atomic mass is 10.1. The highest BCUT2D eigenvalue weighted by atomic mass is 16.5. The summed E-state index contributed by atoms with van der Waals surface area (Å²) >= 11 is 0. The molecular weight excluding hydrogens is 280 g/mol. The minimum absolute atomic E-state index is 0.0547. The highest BCUT2D eigenvalue weighted by Crippen LogP contribution is 2.29. The molecule has 0 aliphatic carbocycles. The highest BCUT2D eigenvalue weighted by molar-refractivity contribution is 6.00. The number of nitrogens with one attached hydrogen (secondary N) is 1. The average Bonchev–Trinajstić information content (AvgIpc) is 2.80. The van der Waals surface area contributed by atoms with Crippen LogP contribution in [0.25, 0.3) is 0 Å². The molecule has 0 saturated carbocycles. The Labute approximate surface area is 130 Å². The summed E-state index contributed by atoms with van der Waals surface area (Å²) in [6, 6.07) is 7.37. The van der Waals surface area contributed by atoms with Crippen LogP contribution < -0.4 is 14.8 Å². The molecule has 0 amide bonds. The minimum atomic E-state index is 0.0547. The summed E-state index contributed by atoms with van der Waals surface area (Å²) in [5, 5.41) is 3.13. The van der Waals surface area contributed by atoms with E-state index in [1.165, 1.54) is 0 Å². The van der Waals surface area contributed by atoms with Crippen molar-refractivity contribution in [1.29, 1.82) is 0 Å². The van der Waals surface area contributed by atoms with E-state index in [0.29, 0.717) is 11.5 Å². The zero-order chi connectivity index (χ0) is 16.3. The number of methoxy groups -OCH3 is 2. The quantitative estimate of drug-likeness (QED) is 0.834. The summed E-state index contributed by atoms with van der Waals surface area (Å²) in [7, 11) is 5.15. The van der Waals surface area contributed by atoms with E-state index in [2.05, 4.69) is 5.32 Å². The van der Waals surface area contributed by atoms with Crippen molar-refractivity contribution in [2.24, 2.45) is 7.05 Å². The largest absolute Gasteiger partial charge is 0.497 e. The predicted octanol–water partition coefficient (Wildman–Crippen LogP) is 2.95. The van der Waals surface area contributed by atoms with Gasteiger partial charge in [-0.15, -0.1) is 0 Å². The number of carbonyl (C=O) groups is 1. The van der Waals surface area contributed by atoms with Gasteiger partial charge in [0.25, 0.3) is 0 Å². The molecule has 0 atom stereocenters. The zero-order valence-electron chi connectivity index (χ0n) is 13.7. The molecule has 0 spiro atoms. The topological polar surface area (TPSA) is 52.5 Å². The fraction of sp³-hybridized carbons (Fsp3) is 0.353. The van der Waals surface area contributed by atoms with Gasteiger partial charge < -0.3 is 19.4 Å². The van der Waals surface area contributed by atoms with E-state index < -0.39 is 0 Å². The molecular formula is C17H22N2O3. The third-order valence-electron chi connectivity index (χ3n) is 3.92. The van der Waals surface area contributed by atoms with E-state index in [4.69, 9.17) is 9.47 Å². The third-order valence-corrected chi connectivity index (χ3v) is 3.92. The van der Waals surface area contributed by atoms with Gasteiger partial charge in [-0.25, -0.2) is 0 Å². The van der Waals surface area contributed by atoms with Crippen molar-refractivity contribution in [3.8, 4) is 11.5 Å². The van der Waals surface area contributed by atoms with Gasteiger partial charge in [0, 0.05) is 30.1 Å². The Balaban J connectivity index is 2.12. The number of hydrogen-bond acceptors (Lipinski definition) is 4. The van der Waals surface area contributed by atoms with Crippen LogP contribution in [0.3, 0.4) is 0 Å². The standard InChI is InChI=1S/C17H22N2O3/c1-11-8-14(12(2)19(11)3)16(20)10-18-15-7-6-13(21-4)9-17(15)22-5/h6-9,18H,10H2,1-5H3. The van der Waals surface area contributed by atoms with E-state index in [0.717, 1.165) is 22.6 Å². The van der Waals surface area contributed by atoms with Crippen LogP contribution in [-0.2, 0) is 7.05 Å². The van der Waals surface area contributed by atoms with Crippen LogP contribution in [-0.4, -0.2) is 31.1 Å².